The van der Waals surface area contributed by atoms with Crippen LogP contribution in [0.2, 0.25) is 0 Å². The second-order valence-electron chi connectivity index (χ2n) is 9.98. The molecule has 2 amide bonds. The van der Waals surface area contributed by atoms with E-state index in [1.165, 1.54) is 12.1 Å². The number of hydrogen-bond acceptors (Lipinski definition) is 6. The number of nitrogens with one attached hydrogen (secondary N) is 2. The molecule has 42 heavy (non-hydrogen) atoms. The van der Waals surface area contributed by atoms with Crippen LogP contribution in [0.15, 0.2) is 97.1 Å². The molecule has 214 valence electrons. The molecule has 2 atom stereocenters. The number of aromatic hydroxyl groups is 1. The number of carbonyl (C=O) groups is 3. The number of carbonyl (C=O) groups excluding carboxylic acids is 2. The van der Waals surface area contributed by atoms with Gasteiger partial charge in [0.25, 0.3) is 0 Å². The Morgan fingerprint density at radius 3 is 2.12 bits per heavy atom. The molecule has 0 radical (unpaired) electrons. The summed E-state index contributed by atoms with van der Waals surface area (Å²) in [5.41, 5.74) is 4.94. The second kappa shape index (κ2) is 12.6. The van der Waals surface area contributed by atoms with Crippen LogP contribution in [-0.4, -0.2) is 46.9 Å². The van der Waals surface area contributed by atoms with Crippen LogP contribution in [0.3, 0.4) is 0 Å². The molecule has 2 unspecified atom stereocenters. The van der Waals surface area contributed by atoms with Crippen LogP contribution in [0.1, 0.15) is 39.9 Å². The van der Waals surface area contributed by atoms with Crippen molar-refractivity contribution in [1.29, 1.82) is 0 Å². The van der Waals surface area contributed by atoms with Gasteiger partial charge in [-0.3, -0.25) is 4.79 Å². The molecule has 0 saturated heterocycles. The van der Waals surface area contributed by atoms with Gasteiger partial charge in [0.1, 0.15) is 24.0 Å². The minimum absolute atomic E-state index is 0.0629. The van der Waals surface area contributed by atoms with Crippen molar-refractivity contribution in [3.05, 3.63) is 119 Å². The van der Waals surface area contributed by atoms with Crippen molar-refractivity contribution in [1.82, 2.24) is 5.32 Å². The third kappa shape index (κ3) is 6.26. The maximum Gasteiger partial charge on any atom is 0.407 e. The van der Waals surface area contributed by atoms with Gasteiger partial charge in [-0.2, -0.15) is 0 Å². The zero-order valence-electron chi connectivity index (χ0n) is 22.8. The van der Waals surface area contributed by atoms with Gasteiger partial charge in [0.05, 0.1) is 12.7 Å². The first kappa shape index (κ1) is 28.4. The van der Waals surface area contributed by atoms with E-state index in [1.807, 2.05) is 78.9 Å². The van der Waals surface area contributed by atoms with Gasteiger partial charge in [0, 0.05) is 11.6 Å². The topological polar surface area (TPSA) is 134 Å². The van der Waals surface area contributed by atoms with Crippen molar-refractivity contribution in [2.45, 2.75) is 31.6 Å². The van der Waals surface area contributed by atoms with Gasteiger partial charge in [0.2, 0.25) is 5.91 Å². The summed E-state index contributed by atoms with van der Waals surface area (Å²) in [4.78, 5) is 37.9. The summed E-state index contributed by atoms with van der Waals surface area (Å²) in [5.74, 6) is -2.59. The highest BCUT2D eigenvalue weighted by atomic mass is 16.5. The third-order valence-corrected chi connectivity index (χ3v) is 7.22. The average Bonchev–Trinajstić information content (AvgIpc) is 3.32. The summed E-state index contributed by atoms with van der Waals surface area (Å²) < 4.78 is 11.6. The Balaban J connectivity index is 1.30. The molecule has 0 aromatic heterocycles. The Morgan fingerprint density at radius 2 is 1.48 bits per heavy atom. The molecule has 1 aliphatic carbocycles. The van der Waals surface area contributed by atoms with Crippen LogP contribution < -0.4 is 10.6 Å². The van der Waals surface area contributed by atoms with E-state index in [-0.39, 0.29) is 30.4 Å². The Hall–Kier alpha value is -5.15. The lowest BCUT2D eigenvalue weighted by Crippen LogP contribution is -2.51. The quantitative estimate of drug-likeness (QED) is 0.185. The maximum absolute atomic E-state index is 13.4. The standard InChI is InChI=1S/C33H30N2O7/c1-20(41-18-21-9-3-2-4-10-21)30(31(37)34-22-15-16-29(36)27(17-22)32(38)39)35-33(40)42-19-28-25-13-7-5-11-23(25)24-12-6-8-14-26(24)28/h2-17,20,28,30,36H,18-19H2,1H3,(H,34,37)(H,35,40)(H,38,39). The van der Waals surface area contributed by atoms with Crippen LogP contribution in [0, 0.1) is 0 Å². The van der Waals surface area contributed by atoms with Gasteiger partial charge in [-0.15, -0.1) is 0 Å². The lowest BCUT2D eigenvalue weighted by molar-refractivity contribution is -0.121. The van der Waals surface area contributed by atoms with Gasteiger partial charge < -0.3 is 30.3 Å². The molecule has 0 fully saturated rings. The monoisotopic (exact) mass is 566 g/mol. The fraction of sp³-hybridized carbons (Fsp3) is 0.182. The van der Waals surface area contributed by atoms with Crippen LogP contribution in [0.5, 0.6) is 5.75 Å². The van der Waals surface area contributed by atoms with E-state index in [1.54, 1.807) is 6.92 Å². The number of ether oxygens (including phenoxy) is 2. The molecule has 0 saturated carbocycles. The highest BCUT2D eigenvalue weighted by molar-refractivity contribution is 5.99. The van der Waals surface area contributed by atoms with Crippen LogP contribution in [0.4, 0.5) is 10.5 Å². The number of benzene rings is 4. The van der Waals surface area contributed by atoms with E-state index >= 15 is 0 Å². The molecule has 5 rings (SSSR count). The molecule has 9 nitrogen and oxygen atoms in total. The minimum Gasteiger partial charge on any atom is -0.507 e. The smallest absolute Gasteiger partial charge is 0.407 e. The number of carboxylic acid groups (broad SMARTS) is 1. The minimum atomic E-state index is -1.35. The summed E-state index contributed by atoms with van der Waals surface area (Å²) >= 11 is 0. The van der Waals surface area contributed by atoms with Gasteiger partial charge in [-0.05, 0) is 52.9 Å². The molecular weight excluding hydrogens is 536 g/mol. The Kier molecular flexibility index (Phi) is 8.50. The van der Waals surface area contributed by atoms with E-state index in [0.29, 0.717) is 0 Å². The number of hydrogen-bond donors (Lipinski definition) is 4. The number of fused-ring (bicyclic) bond motifs is 3. The number of alkyl carbamates (subject to hydrolysis) is 1. The second-order valence-corrected chi connectivity index (χ2v) is 9.98. The summed E-state index contributed by atoms with van der Waals surface area (Å²) in [6, 6.07) is 27.8. The van der Waals surface area contributed by atoms with E-state index in [9.17, 15) is 24.6 Å². The van der Waals surface area contributed by atoms with Gasteiger partial charge in [-0.25, -0.2) is 9.59 Å². The summed E-state index contributed by atoms with van der Waals surface area (Å²) in [7, 11) is 0. The first-order valence-electron chi connectivity index (χ1n) is 13.5. The van der Waals surface area contributed by atoms with E-state index < -0.39 is 35.9 Å². The number of amides is 2. The number of carboxylic acids is 1. The first-order chi connectivity index (χ1) is 20.3. The molecule has 0 bridgehead atoms. The van der Waals surface area contributed by atoms with Crippen molar-refractivity contribution in [3.63, 3.8) is 0 Å². The third-order valence-electron chi connectivity index (χ3n) is 7.22. The molecule has 1 aliphatic rings. The number of rotatable bonds is 10. The Morgan fingerprint density at radius 1 is 0.857 bits per heavy atom. The lowest BCUT2D eigenvalue weighted by Gasteiger charge is -2.25. The van der Waals surface area contributed by atoms with Gasteiger partial charge in [0.15, 0.2) is 0 Å². The predicted molar refractivity (Wildman–Crippen MR) is 156 cm³/mol. The lowest BCUT2D eigenvalue weighted by atomic mass is 9.98. The molecule has 0 spiro atoms. The largest absolute Gasteiger partial charge is 0.507 e. The van der Waals surface area contributed by atoms with Crippen LogP contribution in [-0.2, 0) is 20.9 Å². The first-order valence-corrected chi connectivity index (χ1v) is 13.5. The normalized spacial score (nSPS) is 13.4. The summed E-state index contributed by atoms with van der Waals surface area (Å²) in [5, 5.41) is 24.4. The van der Waals surface area contributed by atoms with Crippen molar-refractivity contribution < 1.29 is 34.1 Å². The van der Waals surface area contributed by atoms with E-state index in [0.717, 1.165) is 33.9 Å². The molecule has 9 heteroatoms. The van der Waals surface area contributed by atoms with Crippen molar-refractivity contribution in [2.24, 2.45) is 0 Å². The fourth-order valence-corrected chi connectivity index (χ4v) is 5.07. The van der Waals surface area contributed by atoms with Crippen molar-refractivity contribution in [3.8, 4) is 16.9 Å². The van der Waals surface area contributed by atoms with Crippen molar-refractivity contribution in [2.75, 3.05) is 11.9 Å². The maximum atomic E-state index is 13.4. The Bertz CT molecular complexity index is 1560. The van der Waals surface area contributed by atoms with Gasteiger partial charge in [-0.1, -0.05) is 78.9 Å². The van der Waals surface area contributed by atoms with E-state index in [4.69, 9.17) is 9.47 Å². The molecular formula is C33H30N2O7. The average molecular weight is 567 g/mol. The predicted octanol–water partition coefficient (Wildman–Crippen LogP) is 5.54. The highest BCUT2D eigenvalue weighted by Crippen LogP contribution is 2.44. The molecule has 0 heterocycles. The van der Waals surface area contributed by atoms with E-state index in [2.05, 4.69) is 10.6 Å². The SMILES string of the molecule is CC(OCc1ccccc1)C(NC(=O)OCC1c2ccccc2-c2ccccc21)C(=O)Nc1ccc(O)c(C(=O)O)c1. The fourth-order valence-electron chi connectivity index (χ4n) is 5.07. The number of aromatic carboxylic acids is 1. The molecule has 4 N–H and O–H groups in total. The van der Waals surface area contributed by atoms with Gasteiger partial charge >= 0.3 is 12.1 Å². The van der Waals surface area contributed by atoms with Crippen molar-refractivity contribution >= 4 is 23.7 Å². The van der Waals surface area contributed by atoms with Crippen LogP contribution >= 0.6 is 0 Å². The molecule has 0 aliphatic heterocycles. The number of anilines is 1. The zero-order valence-corrected chi connectivity index (χ0v) is 22.8. The number of phenols is 1. The zero-order chi connectivity index (χ0) is 29.6. The molecule has 4 aromatic carbocycles. The summed E-state index contributed by atoms with van der Waals surface area (Å²) in [6.07, 6.45) is -1.59. The Labute approximate surface area is 242 Å². The highest BCUT2D eigenvalue weighted by Gasteiger charge is 2.32. The summed E-state index contributed by atoms with van der Waals surface area (Å²) in [6.45, 7) is 1.91. The van der Waals surface area contributed by atoms with Crippen LogP contribution in [0.25, 0.3) is 11.1 Å². The molecule has 4 aromatic rings.